The number of aliphatic hydroxyl groups is 2. The first-order chi connectivity index (χ1) is 13.0. The molecular formula is C19H18N2O6. The summed E-state index contributed by atoms with van der Waals surface area (Å²) < 4.78 is 12.4. The predicted molar refractivity (Wildman–Crippen MR) is 98.1 cm³/mol. The zero-order valence-corrected chi connectivity index (χ0v) is 14.2. The van der Waals surface area contributed by atoms with E-state index in [-0.39, 0.29) is 18.6 Å². The summed E-state index contributed by atoms with van der Waals surface area (Å²) in [5.74, 6) is 0.571. The number of furan rings is 1. The van der Waals surface area contributed by atoms with Crippen molar-refractivity contribution in [2.24, 2.45) is 0 Å². The second-order valence-corrected chi connectivity index (χ2v) is 6.39. The molecule has 0 aliphatic carbocycles. The van der Waals surface area contributed by atoms with Crippen LogP contribution in [0.25, 0.3) is 23.1 Å². The summed E-state index contributed by atoms with van der Waals surface area (Å²) in [4.78, 5) is 26.5. The third-order valence-electron chi connectivity index (χ3n) is 4.56. The summed E-state index contributed by atoms with van der Waals surface area (Å²) in [7, 11) is 0. The van der Waals surface area contributed by atoms with Gasteiger partial charge in [0, 0.05) is 18.0 Å². The van der Waals surface area contributed by atoms with E-state index in [9.17, 15) is 19.8 Å². The fourth-order valence-corrected chi connectivity index (χ4v) is 3.14. The topological polar surface area (TPSA) is 118 Å². The molecule has 8 nitrogen and oxygen atoms in total. The Bertz CT molecular complexity index is 1080. The summed E-state index contributed by atoms with van der Waals surface area (Å²) in [6.07, 6.45) is 2.29. The largest absolute Gasteiger partial charge is 0.457 e. The van der Waals surface area contributed by atoms with Crippen molar-refractivity contribution in [3.63, 3.8) is 0 Å². The first-order valence-electron chi connectivity index (χ1n) is 8.51. The molecule has 2 aromatic heterocycles. The van der Waals surface area contributed by atoms with Crippen LogP contribution >= 0.6 is 0 Å². The van der Waals surface area contributed by atoms with E-state index in [0.717, 1.165) is 11.0 Å². The zero-order valence-electron chi connectivity index (χ0n) is 14.2. The van der Waals surface area contributed by atoms with E-state index in [4.69, 9.17) is 9.15 Å². The quantitative estimate of drug-likeness (QED) is 0.633. The number of benzene rings is 1. The average Bonchev–Trinajstić information content (AvgIpc) is 3.23. The third-order valence-corrected chi connectivity index (χ3v) is 4.56. The molecule has 27 heavy (non-hydrogen) atoms. The number of H-pyrrole nitrogens is 1. The average molecular weight is 370 g/mol. The van der Waals surface area contributed by atoms with Crippen molar-refractivity contribution >= 4 is 23.1 Å². The third kappa shape index (κ3) is 3.37. The van der Waals surface area contributed by atoms with Gasteiger partial charge in [-0.1, -0.05) is 18.2 Å². The van der Waals surface area contributed by atoms with Gasteiger partial charge in [-0.3, -0.25) is 14.3 Å². The van der Waals surface area contributed by atoms with Gasteiger partial charge >= 0.3 is 5.69 Å². The number of hydrogen-bond acceptors (Lipinski definition) is 6. The van der Waals surface area contributed by atoms with Crippen LogP contribution in [-0.2, 0) is 4.74 Å². The normalized spacial score (nSPS) is 22.8. The molecular weight excluding hydrogens is 352 g/mol. The molecule has 3 N–H and O–H groups in total. The number of nitrogens with one attached hydrogen (secondary N) is 1. The van der Waals surface area contributed by atoms with E-state index in [1.165, 1.54) is 10.8 Å². The number of para-hydroxylation sites is 1. The Balaban J connectivity index is 1.65. The Kier molecular flexibility index (Phi) is 4.53. The van der Waals surface area contributed by atoms with Gasteiger partial charge in [0.2, 0.25) is 0 Å². The van der Waals surface area contributed by atoms with E-state index in [1.54, 1.807) is 12.2 Å². The number of nitrogens with zero attached hydrogens (tertiary/aromatic N) is 1. The summed E-state index contributed by atoms with van der Waals surface area (Å²) in [5, 5.41) is 20.0. The number of aliphatic hydroxyl groups excluding tert-OH is 2. The molecule has 1 saturated heterocycles. The second-order valence-electron chi connectivity index (χ2n) is 6.39. The molecule has 0 amide bonds. The lowest BCUT2D eigenvalue weighted by atomic mass is 10.2. The molecule has 1 aliphatic heterocycles. The first kappa shape index (κ1) is 17.5. The van der Waals surface area contributed by atoms with E-state index in [0.29, 0.717) is 5.76 Å². The molecule has 3 atom stereocenters. The number of fused-ring (bicyclic) bond motifs is 1. The molecule has 140 valence electrons. The van der Waals surface area contributed by atoms with Gasteiger partial charge < -0.3 is 19.4 Å². The monoisotopic (exact) mass is 370 g/mol. The van der Waals surface area contributed by atoms with Crippen LogP contribution in [0.4, 0.5) is 0 Å². The van der Waals surface area contributed by atoms with Crippen LogP contribution in [0.1, 0.15) is 24.0 Å². The van der Waals surface area contributed by atoms with Crippen LogP contribution in [0.15, 0.2) is 50.5 Å². The minimum atomic E-state index is -0.881. The summed E-state index contributed by atoms with van der Waals surface area (Å²) in [5.41, 5.74) is -0.211. The van der Waals surface area contributed by atoms with Crippen molar-refractivity contribution in [2.45, 2.75) is 24.9 Å². The maximum Gasteiger partial charge on any atom is 0.330 e. The number of hydrogen-bond donors (Lipinski definition) is 3. The van der Waals surface area contributed by atoms with Gasteiger partial charge in [-0.15, -0.1) is 0 Å². The molecule has 1 aromatic carbocycles. The van der Waals surface area contributed by atoms with Crippen LogP contribution in [0, 0.1) is 0 Å². The molecule has 4 rings (SSSR count). The maximum absolute atomic E-state index is 12.1. The van der Waals surface area contributed by atoms with E-state index in [1.807, 2.05) is 30.3 Å². The number of aromatic nitrogens is 2. The van der Waals surface area contributed by atoms with Gasteiger partial charge in [0.1, 0.15) is 23.7 Å². The first-order valence-corrected chi connectivity index (χ1v) is 8.51. The molecule has 8 heteroatoms. The Morgan fingerprint density at radius 3 is 2.81 bits per heavy atom. The number of ether oxygens (including phenoxy) is 1. The van der Waals surface area contributed by atoms with Crippen molar-refractivity contribution in [1.82, 2.24) is 9.55 Å². The van der Waals surface area contributed by atoms with Crippen LogP contribution in [0.5, 0.6) is 0 Å². The molecule has 3 aromatic rings. The van der Waals surface area contributed by atoms with E-state index < -0.39 is 29.7 Å². The fourth-order valence-electron chi connectivity index (χ4n) is 3.14. The Labute approximate surface area is 152 Å². The molecule has 1 fully saturated rings. The minimum absolute atomic E-state index is 0.143. The Morgan fingerprint density at radius 2 is 2.07 bits per heavy atom. The second kappa shape index (κ2) is 6.99. The van der Waals surface area contributed by atoms with Crippen LogP contribution < -0.4 is 11.2 Å². The highest BCUT2D eigenvalue weighted by Gasteiger charge is 2.35. The summed E-state index contributed by atoms with van der Waals surface area (Å²) in [6, 6.07) is 9.39. The standard InChI is InChI=1S/C19H18N2O6/c22-10-16-14(23)8-17(27-16)21-9-12(18(24)20-19(21)25)5-6-13-7-11-3-1-2-4-15(11)26-13/h1-7,9,14,16-17,22-23H,8,10H2,(H,20,24,25)/b6-5+/t14-,16+,17+/m0/s1. The van der Waals surface area contributed by atoms with Gasteiger partial charge in [-0.05, 0) is 24.3 Å². The van der Waals surface area contributed by atoms with Crippen LogP contribution in [-0.4, -0.2) is 38.6 Å². The molecule has 0 saturated carbocycles. The number of aromatic amines is 1. The van der Waals surface area contributed by atoms with Crippen molar-refractivity contribution in [1.29, 1.82) is 0 Å². The lowest BCUT2D eigenvalue weighted by Crippen LogP contribution is -2.33. The molecule has 0 unspecified atom stereocenters. The summed E-state index contributed by atoms with van der Waals surface area (Å²) >= 11 is 0. The highest BCUT2D eigenvalue weighted by atomic mass is 16.5. The fraction of sp³-hybridized carbons (Fsp3) is 0.263. The molecule has 0 radical (unpaired) electrons. The predicted octanol–water partition coefficient (Wildman–Crippen LogP) is 1.09. The van der Waals surface area contributed by atoms with Crippen molar-refractivity contribution in [3.8, 4) is 0 Å². The van der Waals surface area contributed by atoms with Crippen molar-refractivity contribution in [3.05, 3.63) is 68.7 Å². The molecule has 0 bridgehead atoms. The lowest BCUT2D eigenvalue weighted by Gasteiger charge is -2.14. The smallest absolute Gasteiger partial charge is 0.330 e. The summed E-state index contributed by atoms with van der Waals surface area (Å²) in [6.45, 7) is -0.353. The SMILES string of the molecule is O=c1[nH]c(=O)n([C@H]2C[C@H](O)[C@@H](CO)O2)cc1/C=C/c1cc2ccccc2o1. The van der Waals surface area contributed by atoms with Gasteiger partial charge in [0.25, 0.3) is 5.56 Å². The minimum Gasteiger partial charge on any atom is -0.457 e. The van der Waals surface area contributed by atoms with Crippen molar-refractivity contribution in [2.75, 3.05) is 6.61 Å². The Hall–Kier alpha value is -2.94. The van der Waals surface area contributed by atoms with E-state index >= 15 is 0 Å². The highest BCUT2D eigenvalue weighted by Crippen LogP contribution is 2.27. The van der Waals surface area contributed by atoms with Crippen LogP contribution in [0.2, 0.25) is 0 Å². The van der Waals surface area contributed by atoms with Gasteiger partial charge in [0.15, 0.2) is 0 Å². The molecule has 3 heterocycles. The molecule has 1 aliphatic rings. The molecule has 0 spiro atoms. The Morgan fingerprint density at radius 1 is 1.26 bits per heavy atom. The maximum atomic E-state index is 12.1. The van der Waals surface area contributed by atoms with Crippen LogP contribution in [0.3, 0.4) is 0 Å². The highest BCUT2D eigenvalue weighted by molar-refractivity contribution is 5.81. The lowest BCUT2D eigenvalue weighted by molar-refractivity contribution is -0.0459. The number of rotatable bonds is 4. The zero-order chi connectivity index (χ0) is 19.0. The van der Waals surface area contributed by atoms with E-state index in [2.05, 4.69) is 4.98 Å². The van der Waals surface area contributed by atoms with Crippen molar-refractivity contribution < 1.29 is 19.4 Å². The van der Waals surface area contributed by atoms with Gasteiger partial charge in [-0.25, -0.2) is 4.79 Å². The van der Waals surface area contributed by atoms with Gasteiger partial charge in [-0.2, -0.15) is 0 Å². The van der Waals surface area contributed by atoms with Gasteiger partial charge in [0.05, 0.1) is 18.3 Å².